The molecule has 0 heterocycles. The Bertz CT molecular complexity index is 157. The topological polar surface area (TPSA) is 38.0 Å². The fourth-order valence-corrected chi connectivity index (χ4v) is 0.949. The van der Waals surface area contributed by atoms with Crippen LogP contribution in [0.15, 0.2) is 22.2 Å². The van der Waals surface area contributed by atoms with Crippen molar-refractivity contribution in [2.75, 3.05) is 7.05 Å². The molecule has 58 valence electrons. The molecule has 3 N–H and O–H groups in total. The van der Waals surface area contributed by atoms with E-state index in [1.54, 1.807) is 11.8 Å². The van der Waals surface area contributed by atoms with Crippen molar-refractivity contribution in [3.8, 4) is 0 Å². The molecule has 0 aromatic carbocycles. The molecule has 0 atom stereocenters. The van der Waals surface area contributed by atoms with Gasteiger partial charge in [-0.1, -0.05) is 18.3 Å². The van der Waals surface area contributed by atoms with Gasteiger partial charge in [-0.2, -0.15) is 0 Å². The van der Waals surface area contributed by atoms with E-state index in [0.29, 0.717) is 0 Å². The molecule has 0 bridgehead atoms. The number of hydrogen-bond acceptors (Lipinski definition) is 3. The summed E-state index contributed by atoms with van der Waals surface area (Å²) in [4.78, 5) is 1.10. The van der Waals surface area contributed by atoms with Crippen LogP contribution in [0.1, 0.15) is 13.8 Å². The second kappa shape index (κ2) is 4.28. The second-order valence-corrected chi connectivity index (χ2v) is 3.32. The summed E-state index contributed by atoms with van der Waals surface area (Å²) in [6.07, 6.45) is 0. The quantitative estimate of drug-likeness (QED) is 0.655. The molecule has 10 heavy (non-hydrogen) atoms. The first-order valence-electron chi connectivity index (χ1n) is 3.05. The first kappa shape index (κ1) is 9.43. The van der Waals surface area contributed by atoms with Crippen LogP contribution >= 0.6 is 11.8 Å². The molecule has 0 aromatic rings. The lowest BCUT2D eigenvalue weighted by molar-refractivity contribution is 1.09. The Kier molecular flexibility index (Phi) is 4.03. The minimum absolute atomic E-state index is 0.849. The average Bonchev–Trinajstić information content (AvgIpc) is 1.87. The molecule has 3 heteroatoms. The predicted octanol–water partition coefficient (Wildman–Crippen LogP) is 1.62. The predicted molar refractivity (Wildman–Crippen MR) is 48.4 cm³/mol. The van der Waals surface area contributed by atoms with Gasteiger partial charge in [-0.15, -0.1) is 0 Å². The molecular weight excluding hydrogens is 144 g/mol. The molecule has 0 aliphatic carbocycles. The van der Waals surface area contributed by atoms with Gasteiger partial charge in [0.25, 0.3) is 0 Å². The van der Waals surface area contributed by atoms with Gasteiger partial charge in [0, 0.05) is 17.6 Å². The zero-order chi connectivity index (χ0) is 8.15. The molecule has 0 aliphatic heterocycles. The molecule has 0 radical (unpaired) electrons. The minimum Gasteiger partial charge on any atom is -0.402 e. The summed E-state index contributed by atoms with van der Waals surface area (Å²) in [6, 6.07) is 0. The Morgan fingerprint density at radius 1 is 1.50 bits per heavy atom. The van der Waals surface area contributed by atoms with Crippen molar-refractivity contribution >= 4 is 11.8 Å². The minimum atomic E-state index is 0.849. The summed E-state index contributed by atoms with van der Waals surface area (Å²) in [5.74, 6) is 0. The van der Waals surface area contributed by atoms with E-state index in [9.17, 15) is 0 Å². The summed E-state index contributed by atoms with van der Waals surface area (Å²) in [6.45, 7) is 7.61. The van der Waals surface area contributed by atoms with Crippen molar-refractivity contribution in [3.05, 3.63) is 22.2 Å². The molecule has 0 unspecified atom stereocenters. The van der Waals surface area contributed by atoms with Crippen molar-refractivity contribution < 1.29 is 0 Å². The molecule has 0 rings (SSSR count). The SMILES string of the molecule is C=C(NC)S/C(C)=C(/C)N. The van der Waals surface area contributed by atoms with Crippen LogP contribution in [0.5, 0.6) is 0 Å². The Morgan fingerprint density at radius 2 is 2.00 bits per heavy atom. The molecule has 0 aliphatic rings. The first-order chi connectivity index (χ1) is 4.57. The highest BCUT2D eigenvalue weighted by atomic mass is 32.2. The number of nitrogens with one attached hydrogen (secondary N) is 1. The summed E-state index contributed by atoms with van der Waals surface area (Å²) >= 11 is 1.56. The van der Waals surface area contributed by atoms with Crippen LogP contribution in [0, 0.1) is 0 Å². The van der Waals surface area contributed by atoms with Crippen LogP contribution in [0.2, 0.25) is 0 Å². The zero-order valence-corrected chi connectivity index (χ0v) is 7.51. The van der Waals surface area contributed by atoms with Crippen LogP contribution in [0.3, 0.4) is 0 Å². The highest BCUT2D eigenvalue weighted by Gasteiger charge is 1.95. The lowest BCUT2D eigenvalue weighted by Crippen LogP contribution is -2.01. The monoisotopic (exact) mass is 158 g/mol. The number of allylic oxidation sites excluding steroid dienone is 2. The van der Waals surface area contributed by atoms with Crippen LogP contribution < -0.4 is 11.1 Å². The molecule has 2 nitrogen and oxygen atoms in total. The van der Waals surface area contributed by atoms with E-state index >= 15 is 0 Å². The zero-order valence-electron chi connectivity index (χ0n) is 6.69. The van der Waals surface area contributed by atoms with Crippen LogP contribution in [-0.4, -0.2) is 7.05 Å². The Hall–Kier alpha value is -0.570. The van der Waals surface area contributed by atoms with Gasteiger partial charge < -0.3 is 11.1 Å². The number of nitrogens with two attached hydrogens (primary N) is 1. The first-order valence-corrected chi connectivity index (χ1v) is 3.87. The maximum absolute atomic E-state index is 5.53. The summed E-state index contributed by atoms with van der Waals surface area (Å²) in [5, 5.41) is 3.85. The molecule has 0 saturated carbocycles. The number of rotatable bonds is 3. The molecule has 0 saturated heterocycles. The van der Waals surface area contributed by atoms with E-state index < -0.39 is 0 Å². The van der Waals surface area contributed by atoms with E-state index in [1.807, 2.05) is 20.9 Å². The van der Waals surface area contributed by atoms with Gasteiger partial charge in [-0.3, -0.25) is 0 Å². The summed E-state index contributed by atoms with van der Waals surface area (Å²) < 4.78 is 0. The van der Waals surface area contributed by atoms with Crippen LogP contribution in [0.25, 0.3) is 0 Å². The molecule has 0 fully saturated rings. The fraction of sp³-hybridized carbons (Fsp3) is 0.429. The van der Waals surface area contributed by atoms with Crippen molar-refractivity contribution in [3.63, 3.8) is 0 Å². The highest BCUT2D eigenvalue weighted by molar-refractivity contribution is 8.06. The van der Waals surface area contributed by atoms with E-state index in [4.69, 9.17) is 5.73 Å². The van der Waals surface area contributed by atoms with E-state index in [2.05, 4.69) is 11.9 Å². The van der Waals surface area contributed by atoms with Gasteiger partial charge in [-0.25, -0.2) is 0 Å². The van der Waals surface area contributed by atoms with Crippen LogP contribution in [-0.2, 0) is 0 Å². The molecule has 0 amide bonds. The van der Waals surface area contributed by atoms with Crippen molar-refractivity contribution in [2.24, 2.45) is 5.73 Å². The third-order valence-corrected chi connectivity index (χ3v) is 2.19. The molecular formula is C7H14N2S. The van der Waals surface area contributed by atoms with Gasteiger partial charge >= 0.3 is 0 Å². The average molecular weight is 158 g/mol. The van der Waals surface area contributed by atoms with Gasteiger partial charge in [0.1, 0.15) is 0 Å². The second-order valence-electron chi connectivity index (χ2n) is 2.01. The van der Waals surface area contributed by atoms with Gasteiger partial charge in [0.2, 0.25) is 0 Å². The van der Waals surface area contributed by atoms with Crippen molar-refractivity contribution in [2.45, 2.75) is 13.8 Å². The normalized spacial score (nSPS) is 12.3. The Labute approximate surface area is 66.6 Å². The van der Waals surface area contributed by atoms with E-state index in [-0.39, 0.29) is 0 Å². The smallest absolute Gasteiger partial charge is 0.0651 e. The van der Waals surface area contributed by atoms with Gasteiger partial charge in [-0.05, 0) is 13.8 Å². The van der Waals surface area contributed by atoms with E-state index in [0.717, 1.165) is 15.6 Å². The van der Waals surface area contributed by atoms with Crippen molar-refractivity contribution in [1.29, 1.82) is 0 Å². The number of hydrogen-bond donors (Lipinski definition) is 2. The maximum Gasteiger partial charge on any atom is 0.0651 e. The molecule has 0 aromatic heterocycles. The Morgan fingerprint density at radius 3 is 2.30 bits per heavy atom. The van der Waals surface area contributed by atoms with Crippen LogP contribution in [0.4, 0.5) is 0 Å². The lowest BCUT2D eigenvalue weighted by atomic mass is 10.5. The summed E-state index contributed by atoms with van der Waals surface area (Å²) in [7, 11) is 1.84. The third-order valence-electron chi connectivity index (χ3n) is 1.11. The third kappa shape index (κ3) is 3.45. The highest BCUT2D eigenvalue weighted by Crippen LogP contribution is 2.21. The van der Waals surface area contributed by atoms with Crippen molar-refractivity contribution in [1.82, 2.24) is 5.32 Å². The molecule has 0 spiro atoms. The van der Waals surface area contributed by atoms with E-state index in [1.165, 1.54) is 0 Å². The maximum atomic E-state index is 5.53. The largest absolute Gasteiger partial charge is 0.402 e. The fourth-order valence-electron chi connectivity index (χ4n) is 0.316. The Balaban J connectivity index is 3.92. The van der Waals surface area contributed by atoms with Gasteiger partial charge in [0.05, 0.1) is 5.03 Å². The lowest BCUT2D eigenvalue weighted by Gasteiger charge is -2.04. The standard InChI is InChI=1S/C7H14N2S/c1-5(8)6(2)10-7(3)9-4/h9H,3,8H2,1-2,4H3/b6-5-. The number of thioether (sulfide) groups is 1. The summed E-state index contributed by atoms with van der Waals surface area (Å²) in [5.41, 5.74) is 6.38. The van der Waals surface area contributed by atoms with Gasteiger partial charge in [0.15, 0.2) is 0 Å².